The smallest absolute Gasteiger partial charge is 0.271 e. The lowest BCUT2D eigenvalue weighted by Gasteiger charge is -2.40. The van der Waals surface area contributed by atoms with Crippen molar-refractivity contribution in [3.8, 4) is 0 Å². The molecule has 3 N–H and O–H groups in total. The summed E-state index contributed by atoms with van der Waals surface area (Å²) in [6.45, 7) is 0. The van der Waals surface area contributed by atoms with E-state index < -0.39 is 0 Å². The van der Waals surface area contributed by atoms with Crippen LogP contribution in [0.3, 0.4) is 0 Å². The Hall–Kier alpha value is -2.32. The molecule has 4 atom stereocenters. The molecule has 2 aromatic heterocycles. The normalized spacial score (nSPS) is 27.6. The largest absolute Gasteiger partial charge is 0.380 e. The van der Waals surface area contributed by atoms with E-state index in [0.29, 0.717) is 18.5 Å². The molecule has 0 unspecified atom stereocenters. The topological polar surface area (TPSA) is 108 Å². The molecule has 8 nitrogen and oxygen atoms in total. The number of hydrogen-bond acceptors (Lipinski definition) is 6. The van der Waals surface area contributed by atoms with Gasteiger partial charge in [0.05, 0.1) is 30.7 Å². The highest BCUT2D eigenvalue weighted by Crippen LogP contribution is 2.30. The van der Waals surface area contributed by atoms with Gasteiger partial charge in [0.2, 0.25) is 0 Å². The van der Waals surface area contributed by atoms with Crippen LogP contribution in [-0.2, 0) is 4.74 Å². The number of aromatic nitrogens is 4. The number of nitrogens with one attached hydrogen (secondary N) is 1. The van der Waals surface area contributed by atoms with Crippen molar-refractivity contribution in [3.63, 3.8) is 0 Å². The molecule has 2 aromatic rings. The lowest BCUT2D eigenvalue weighted by atomic mass is 9.84. The average Bonchev–Trinajstić information content (AvgIpc) is 3.10. The number of carbonyl (C=O) groups is 1. The van der Waals surface area contributed by atoms with Crippen molar-refractivity contribution in [2.45, 2.75) is 37.1 Å². The van der Waals surface area contributed by atoms with Crippen molar-refractivity contribution < 1.29 is 9.53 Å². The summed E-state index contributed by atoms with van der Waals surface area (Å²) in [6.07, 6.45) is 11.1. The van der Waals surface area contributed by atoms with Gasteiger partial charge in [0.25, 0.3) is 5.91 Å². The molecule has 23 heavy (non-hydrogen) atoms. The minimum absolute atomic E-state index is 0.0304. The number of methoxy groups -OCH3 is 1. The molecule has 8 heteroatoms. The van der Waals surface area contributed by atoms with E-state index in [0.717, 1.165) is 0 Å². The van der Waals surface area contributed by atoms with Crippen molar-refractivity contribution in [1.29, 1.82) is 0 Å². The predicted molar refractivity (Wildman–Crippen MR) is 82.6 cm³/mol. The molecule has 0 spiro atoms. The number of ether oxygens (including phenoxy) is 1. The number of imidazole rings is 1. The molecule has 0 aliphatic heterocycles. The molecule has 122 valence electrons. The van der Waals surface area contributed by atoms with E-state index in [1.165, 1.54) is 18.6 Å². The monoisotopic (exact) mass is 316 g/mol. The zero-order chi connectivity index (χ0) is 16.2. The molecular weight excluding hydrogens is 296 g/mol. The van der Waals surface area contributed by atoms with E-state index in [-0.39, 0.29) is 30.1 Å². The third kappa shape index (κ3) is 3.38. The zero-order valence-electron chi connectivity index (χ0n) is 12.9. The number of amides is 1. The maximum atomic E-state index is 12.4. The van der Waals surface area contributed by atoms with Crippen molar-refractivity contribution >= 4 is 5.91 Å². The first kappa shape index (κ1) is 15.6. The van der Waals surface area contributed by atoms with Crippen molar-refractivity contribution in [2.24, 2.45) is 5.73 Å². The molecular formula is C15H20N6O2. The minimum Gasteiger partial charge on any atom is -0.380 e. The molecule has 0 radical (unpaired) electrons. The fourth-order valence-corrected chi connectivity index (χ4v) is 3.06. The molecule has 3 rings (SSSR count). The van der Waals surface area contributed by atoms with Crippen molar-refractivity contribution in [2.75, 3.05) is 7.11 Å². The van der Waals surface area contributed by atoms with Gasteiger partial charge in [0.15, 0.2) is 0 Å². The number of nitrogens with two attached hydrogens (primary N) is 1. The average molecular weight is 316 g/mol. The summed E-state index contributed by atoms with van der Waals surface area (Å²) in [7, 11) is 1.66. The molecule has 0 aromatic carbocycles. The van der Waals surface area contributed by atoms with E-state index in [1.807, 2.05) is 10.8 Å². The molecule has 1 aliphatic rings. The first-order valence-corrected chi connectivity index (χ1v) is 7.51. The molecule has 0 saturated heterocycles. The Kier molecular flexibility index (Phi) is 4.63. The highest BCUT2D eigenvalue weighted by Gasteiger charge is 2.37. The first-order valence-electron chi connectivity index (χ1n) is 7.51. The Bertz CT molecular complexity index is 633. The van der Waals surface area contributed by atoms with Crippen LogP contribution in [-0.4, -0.2) is 50.7 Å². The van der Waals surface area contributed by atoms with Crippen LogP contribution in [0.15, 0.2) is 37.3 Å². The summed E-state index contributed by atoms with van der Waals surface area (Å²) in [6, 6.07) is -0.227. The Labute approximate surface area is 134 Å². The molecule has 1 aliphatic carbocycles. The van der Waals surface area contributed by atoms with Gasteiger partial charge in [-0.15, -0.1) is 0 Å². The first-order chi connectivity index (χ1) is 11.2. The Morgan fingerprint density at radius 1 is 1.35 bits per heavy atom. The third-order valence-corrected chi connectivity index (χ3v) is 4.26. The van der Waals surface area contributed by atoms with Crippen LogP contribution in [0.2, 0.25) is 0 Å². The Morgan fingerprint density at radius 3 is 2.87 bits per heavy atom. The molecule has 1 amide bonds. The van der Waals surface area contributed by atoms with Crippen LogP contribution in [0.5, 0.6) is 0 Å². The fourth-order valence-electron chi connectivity index (χ4n) is 3.06. The van der Waals surface area contributed by atoms with Crippen LogP contribution < -0.4 is 11.1 Å². The molecule has 2 heterocycles. The SMILES string of the molecule is CO[C@@H]1C[C@@H](n2ccnc2)[C@H](NC(=O)c2cnccn2)C[C@H]1N. The highest BCUT2D eigenvalue weighted by molar-refractivity contribution is 5.92. The number of rotatable bonds is 4. The number of carbonyl (C=O) groups excluding carboxylic acids is 1. The van der Waals surface area contributed by atoms with Gasteiger partial charge in [-0.1, -0.05) is 0 Å². The van der Waals surface area contributed by atoms with Gasteiger partial charge in [-0.2, -0.15) is 0 Å². The standard InChI is InChI=1S/C15H20N6O2/c1-23-14-7-13(21-5-4-18-9-21)11(6-10(14)16)20-15(22)12-8-17-2-3-19-12/h2-5,8-11,13-14H,6-7,16H2,1H3,(H,20,22)/t10-,11-,13-,14-/m1/s1. The summed E-state index contributed by atoms with van der Waals surface area (Å²) in [5.74, 6) is -0.253. The van der Waals surface area contributed by atoms with E-state index in [2.05, 4.69) is 20.3 Å². The second-order valence-electron chi connectivity index (χ2n) is 5.66. The number of hydrogen-bond donors (Lipinski definition) is 2. The second kappa shape index (κ2) is 6.84. The third-order valence-electron chi connectivity index (χ3n) is 4.26. The minimum atomic E-state index is -0.253. The summed E-state index contributed by atoms with van der Waals surface area (Å²) in [5, 5.41) is 3.02. The Morgan fingerprint density at radius 2 is 2.22 bits per heavy atom. The van der Waals surface area contributed by atoms with E-state index in [4.69, 9.17) is 10.5 Å². The van der Waals surface area contributed by atoms with Crippen molar-refractivity contribution in [1.82, 2.24) is 24.8 Å². The summed E-state index contributed by atoms with van der Waals surface area (Å²) in [4.78, 5) is 24.4. The van der Waals surface area contributed by atoms with Crippen LogP contribution in [0.4, 0.5) is 0 Å². The van der Waals surface area contributed by atoms with Gasteiger partial charge >= 0.3 is 0 Å². The van der Waals surface area contributed by atoms with Gasteiger partial charge in [-0.05, 0) is 12.8 Å². The summed E-state index contributed by atoms with van der Waals surface area (Å²) in [5.41, 5.74) is 6.47. The van der Waals surface area contributed by atoms with Gasteiger partial charge in [0, 0.05) is 37.9 Å². The summed E-state index contributed by atoms with van der Waals surface area (Å²) < 4.78 is 7.46. The lowest BCUT2D eigenvalue weighted by Crippen LogP contribution is -2.54. The second-order valence-corrected chi connectivity index (χ2v) is 5.66. The quantitative estimate of drug-likeness (QED) is 0.831. The van der Waals surface area contributed by atoms with E-state index in [1.54, 1.807) is 19.6 Å². The molecule has 1 saturated carbocycles. The van der Waals surface area contributed by atoms with Gasteiger partial charge in [-0.3, -0.25) is 9.78 Å². The van der Waals surface area contributed by atoms with Crippen LogP contribution in [0.25, 0.3) is 0 Å². The summed E-state index contributed by atoms with van der Waals surface area (Å²) >= 11 is 0. The fraction of sp³-hybridized carbons (Fsp3) is 0.467. The van der Waals surface area contributed by atoms with Gasteiger partial charge in [-0.25, -0.2) is 9.97 Å². The van der Waals surface area contributed by atoms with Crippen molar-refractivity contribution in [3.05, 3.63) is 43.0 Å². The van der Waals surface area contributed by atoms with E-state index in [9.17, 15) is 4.79 Å². The highest BCUT2D eigenvalue weighted by atomic mass is 16.5. The number of nitrogens with zero attached hydrogens (tertiary/aromatic N) is 4. The molecule has 0 bridgehead atoms. The van der Waals surface area contributed by atoms with Gasteiger partial charge < -0.3 is 20.4 Å². The zero-order valence-corrected chi connectivity index (χ0v) is 12.9. The van der Waals surface area contributed by atoms with Gasteiger partial charge in [0.1, 0.15) is 5.69 Å². The van der Waals surface area contributed by atoms with E-state index >= 15 is 0 Å². The lowest BCUT2D eigenvalue weighted by molar-refractivity contribution is 0.0244. The van der Waals surface area contributed by atoms with Crippen LogP contribution in [0.1, 0.15) is 29.4 Å². The molecule has 1 fully saturated rings. The maximum absolute atomic E-state index is 12.4. The maximum Gasteiger partial charge on any atom is 0.271 e. The Balaban J connectivity index is 1.78. The predicted octanol–water partition coefficient (Wildman–Crippen LogP) is 0.149. The van der Waals surface area contributed by atoms with Crippen LogP contribution in [0, 0.1) is 0 Å². The van der Waals surface area contributed by atoms with Crippen LogP contribution >= 0.6 is 0 Å².